The fraction of sp³-hybridized carbons (Fsp3) is 0.100. The molecule has 12 heavy (non-hydrogen) atoms. The Labute approximate surface area is 76.4 Å². The Hall–Kier alpha value is -1.26. The van der Waals surface area contributed by atoms with E-state index in [1.54, 1.807) is 0 Å². The van der Waals surface area contributed by atoms with Crippen LogP contribution >= 0.6 is 11.6 Å². The lowest BCUT2D eigenvalue weighted by Crippen LogP contribution is -1.84. The van der Waals surface area contributed by atoms with Crippen LogP contribution in [0.1, 0.15) is 11.1 Å². The molecule has 60 valence electrons. The van der Waals surface area contributed by atoms with Gasteiger partial charge in [-0.2, -0.15) is 0 Å². The summed E-state index contributed by atoms with van der Waals surface area (Å²) in [6.45, 7) is 0. The molecule has 0 aromatic heterocycles. The standard InChI is InChI=1S/C10H7ClO/c11-8-10-5-2-1-4-9(10)6-3-7-12/h1-2,4-5,7H,8H2. The summed E-state index contributed by atoms with van der Waals surface area (Å²) < 4.78 is 0. The van der Waals surface area contributed by atoms with Gasteiger partial charge in [0, 0.05) is 11.4 Å². The topological polar surface area (TPSA) is 17.1 Å². The highest BCUT2D eigenvalue weighted by molar-refractivity contribution is 6.17. The van der Waals surface area contributed by atoms with Crippen molar-refractivity contribution >= 4 is 17.9 Å². The second kappa shape index (κ2) is 4.58. The average Bonchev–Trinajstić information content (AvgIpc) is 2.15. The van der Waals surface area contributed by atoms with E-state index in [1.165, 1.54) is 0 Å². The Kier molecular flexibility index (Phi) is 3.37. The van der Waals surface area contributed by atoms with Crippen molar-refractivity contribution in [1.82, 2.24) is 0 Å². The molecule has 1 aromatic rings. The number of carbonyl (C=O) groups is 1. The van der Waals surface area contributed by atoms with Gasteiger partial charge in [0.1, 0.15) is 0 Å². The molecule has 0 fully saturated rings. The van der Waals surface area contributed by atoms with E-state index < -0.39 is 0 Å². The number of alkyl halides is 1. The van der Waals surface area contributed by atoms with E-state index in [2.05, 4.69) is 11.8 Å². The smallest absolute Gasteiger partial charge is 0.193 e. The number of benzene rings is 1. The Balaban J connectivity index is 3.04. The quantitative estimate of drug-likeness (QED) is 0.365. The van der Waals surface area contributed by atoms with Gasteiger partial charge in [-0.25, -0.2) is 0 Å². The van der Waals surface area contributed by atoms with Crippen LogP contribution in [0.3, 0.4) is 0 Å². The van der Waals surface area contributed by atoms with Crippen LogP contribution < -0.4 is 0 Å². The first kappa shape index (κ1) is 8.83. The van der Waals surface area contributed by atoms with Gasteiger partial charge in [0.05, 0.1) is 0 Å². The summed E-state index contributed by atoms with van der Waals surface area (Å²) in [5, 5.41) is 0. The van der Waals surface area contributed by atoms with Gasteiger partial charge < -0.3 is 0 Å². The molecule has 0 aliphatic heterocycles. The minimum absolute atomic E-state index is 0.420. The van der Waals surface area contributed by atoms with Crippen molar-refractivity contribution in [3.05, 3.63) is 35.4 Å². The lowest BCUT2D eigenvalue weighted by Gasteiger charge is -1.96. The maximum Gasteiger partial charge on any atom is 0.193 e. The zero-order valence-corrected chi connectivity index (χ0v) is 7.14. The van der Waals surface area contributed by atoms with Crippen molar-refractivity contribution < 1.29 is 4.79 Å². The molecule has 0 saturated heterocycles. The van der Waals surface area contributed by atoms with E-state index in [9.17, 15) is 4.79 Å². The van der Waals surface area contributed by atoms with Gasteiger partial charge >= 0.3 is 0 Å². The minimum atomic E-state index is 0.420. The summed E-state index contributed by atoms with van der Waals surface area (Å²) in [7, 11) is 0. The monoisotopic (exact) mass is 178 g/mol. The molecule has 0 saturated carbocycles. The lowest BCUT2D eigenvalue weighted by atomic mass is 10.1. The molecule has 0 unspecified atom stereocenters. The minimum Gasteiger partial charge on any atom is -0.289 e. The number of halogens is 1. The maximum atomic E-state index is 9.97. The van der Waals surface area contributed by atoms with Gasteiger partial charge in [-0.3, -0.25) is 4.79 Å². The SMILES string of the molecule is O=CC#Cc1ccccc1CCl. The molecule has 2 heteroatoms. The third-order valence-electron chi connectivity index (χ3n) is 1.43. The number of hydrogen-bond acceptors (Lipinski definition) is 1. The van der Waals surface area contributed by atoms with Crippen molar-refractivity contribution in [2.24, 2.45) is 0 Å². The van der Waals surface area contributed by atoms with E-state index in [1.807, 2.05) is 24.3 Å². The second-order valence-electron chi connectivity index (χ2n) is 2.18. The Morgan fingerprint density at radius 1 is 1.42 bits per heavy atom. The van der Waals surface area contributed by atoms with E-state index in [0.29, 0.717) is 12.2 Å². The van der Waals surface area contributed by atoms with Gasteiger partial charge in [-0.1, -0.05) is 24.1 Å². The second-order valence-corrected chi connectivity index (χ2v) is 2.45. The molecule has 1 nitrogen and oxygen atoms in total. The highest BCUT2D eigenvalue weighted by atomic mass is 35.5. The molecular formula is C10H7ClO. The van der Waals surface area contributed by atoms with Crippen LogP contribution in [0.4, 0.5) is 0 Å². The first-order valence-electron chi connectivity index (χ1n) is 3.47. The van der Waals surface area contributed by atoms with Gasteiger partial charge in [0.25, 0.3) is 0 Å². The van der Waals surface area contributed by atoms with E-state index in [-0.39, 0.29) is 0 Å². The van der Waals surface area contributed by atoms with Crippen LogP contribution in [0.25, 0.3) is 0 Å². The summed E-state index contributed by atoms with van der Waals surface area (Å²) in [6.07, 6.45) is 0.574. The highest BCUT2D eigenvalue weighted by Gasteiger charge is 1.94. The van der Waals surface area contributed by atoms with Crippen LogP contribution in [-0.4, -0.2) is 6.29 Å². The largest absolute Gasteiger partial charge is 0.289 e. The van der Waals surface area contributed by atoms with Crippen molar-refractivity contribution in [3.63, 3.8) is 0 Å². The summed E-state index contributed by atoms with van der Waals surface area (Å²) in [5.74, 6) is 5.48. The molecule has 0 atom stereocenters. The van der Waals surface area contributed by atoms with Crippen molar-refractivity contribution in [3.8, 4) is 11.8 Å². The van der Waals surface area contributed by atoms with Crippen LogP contribution in [0.15, 0.2) is 24.3 Å². The predicted molar refractivity (Wildman–Crippen MR) is 48.9 cm³/mol. The zero-order valence-electron chi connectivity index (χ0n) is 6.38. The van der Waals surface area contributed by atoms with Crippen molar-refractivity contribution in [1.29, 1.82) is 0 Å². The Bertz CT molecular complexity index is 333. The highest BCUT2D eigenvalue weighted by Crippen LogP contribution is 2.09. The average molecular weight is 179 g/mol. The van der Waals surface area contributed by atoms with E-state index in [0.717, 1.165) is 11.1 Å². The van der Waals surface area contributed by atoms with Gasteiger partial charge in [-0.15, -0.1) is 11.6 Å². The Morgan fingerprint density at radius 2 is 2.17 bits per heavy atom. The van der Waals surface area contributed by atoms with Crippen molar-refractivity contribution in [2.75, 3.05) is 0 Å². The first-order valence-corrected chi connectivity index (χ1v) is 4.01. The normalized spacial score (nSPS) is 8.42. The molecule has 0 N–H and O–H groups in total. The molecule has 0 radical (unpaired) electrons. The van der Waals surface area contributed by atoms with Gasteiger partial charge in [-0.05, 0) is 17.6 Å². The van der Waals surface area contributed by atoms with Crippen molar-refractivity contribution in [2.45, 2.75) is 5.88 Å². The van der Waals surface area contributed by atoms with Gasteiger partial charge in [0.15, 0.2) is 6.29 Å². The molecule has 1 rings (SSSR count). The van der Waals surface area contributed by atoms with Crippen LogP contribution in [0, 0.1) is 11.8 Å². The van der Waals surface area contributed by atoms with Gasteiger partial charge in [0.2, 0.25) is 0 Å². The molecule has 0 amide bonds. The number of hydrogen-bond donors (Lipinski definition) is 0. The number of rotatable bonds is 1. The third-order valence-corrected chi connectivity index (χ3v) is 1.72. The molecule has 0 bridgehead atoms. The third kappa shape index (κ3) is 2.11. The molecular weight excluding hydrogens is 172 g/mol. The number of aldehydes is 1. The fourth-order valence-corrected chi connectivity index (χ4v) is 1.10. The summed E-state index contributed by atoms with van der Waals surface area (Å²) in [5.41, 5.74) is 1.77. The van der Waals surface area contributed by atoms with Crippen LogP contribution in [-0.2, 0) is 10.7 Å². The van der Waals surface area contributed by atoms with Crippen LogP contribution in [0.5, 0.6) is 0 Å². The first-order chi connectivity index (χ1) is 5.88. The van der Waals surface area contributed by atoms with E-state index >= 15 is 0 Å². The molecule has 0 spiro atoms. The predicted octanol–water partition coefficient (Wildman–Crippen LogP) is 1.98. The zero-order chi connectivity index (χ0) is 8.81. The molecule has 0 aliphatic rings. The Morgan fingerprint density at radius 3 is 2.83 bits per heavy atom. The summed E-state index contributed by atoms with van der Waals surface area (Å²) >= 11 is 5.65. The number of carbonyl (C=O) groups excluding carboxylic acids is 1. The summed E-state index contributed by atoms with van der Waals surface area (Å²) in [6, 6.07) is 7.49. The fourth-order valence-electron chi connectivity index (χ4n) is 0.866. The summed E-state index contributed by atoms with van der Waals surface area (Å²) in [4.78, 5) is 9.97. The lowest BCUT2D eigenvalue weighted by molar-refractivity contribution is -0.103. The van der Waals surface area contributed by atoms with E-state index in [4.69, 9.17) is 11.6 Å². The molecule has 1 aromatic carbocycles. The molecule has 0 heterocycles. The van der Waals surface area contributed by atoms with Crippen LogP contribution in [0.2, 0.25) is 0 Å². The maximum absolute atomic E-state index is 9.97. The molecule has 0 aliphatic carbocycles.